The summed E-state index contributed by atoms with van der Waals surface area (Å²) in [5, 5.41) is 62.9. The normalized spacial score (nSPS) is 41.1. The third-order valence-electron chi connectivity index (χ3n) is 24.6. The lowest BCUT2D eigenvalue weighted by Gasteiger charge is -2.38. The number of hydrogen-bond donors (Lipinski definition) is 12. The maximum Gasteiger partial charge on any atom is 0.351 e. The van der Waals surface area contributed by atoms with E-state index in [4.69, 9.17) is 69.3 Å². The number of amides is 2. The maximum absolute atomic E-state index is 12.4. The molecule has 16 rings (SSSR count). The molecule has 3 aliphatic carbocycles. The van der Waals surface area contributed by atoms with Crippen molar-refractivity contribution in [3.8, 4) is 0 Å². The van der Waals surface area contributed by atoms with E-state index in [1.54, 1.807) is 31.0 Å². The number of carbonyl (C=O) groups excluding carboxylic acids is 1. The molecule has 4 aromatic rings. The van der Waals surface area contributed by atoms with Crippen LogP contribution in [-0.4, -0.2) is 209 Å². The molecular weight excluding hydrogens is 1440 g/mol. The zero-order valence-electron chi connectivity index (χ0n) is 64.5. The molecule has 3 spiro atoms. The third kappa shape index (κ3) is 14.1. The summed E-state index contributed by atoms with van der Waals surface area (Å²) in [6, 6.07) is 5.13. The molecule has 9 aliphatic heterocycles. The molecule has 0 aromatic carbocycles. The topological polar surface area (TPSA) is 513 Å². The van der Waals surface area contributed by atoms with Crippen LogP contribution >= 0.6 is 0 Å². The average Bonchev–Trinajstić information content (AvgIpc) is 1.55. The summed E-state index contributed by atoms with van der Waals surface area (Å²) in [4.78, 5) is 96.5. The van der Waals surface area contributed by atoms with E-state index in [-0.39, 0.29) is 36.5 Å². The number of ether oxygens (including phenoxy) is 11. The Labute approximate surface area is 633 Å². The molecule has 110 heavy (non-hydrogen) atoms. The summed E-state index contributed by atoms with van der Waals surface area (Å²) in [5.41, 5.74) is 3.14. The number of urea groups is 1. The Morgan fingerprint density at radius 2 is 0.782 bits per heavy atom. The predicted molar refractivity (Wildman–Crippen MR) is 388 cm³/mol. The second-order valence-electron chi connectivity index (χ2n) is 33.1. The largest absolute Gasteiger partial charge is 0.393 e. The van der Waals surface area contributed by atoms with Gasteiger partial charge in [-0.25, -0.2) is 24.0 Å². The maximum atomic E-state index is 12.4. The highest BCUT2D eigenvalue weighted by atomic mass is 16.8. The summed E-state index contributed by atoms with van der Waals surface area (Å²) in [5.74, 6) is -1.63. The SMILES string of the molecule is CC[C@@]1(C)O[C@@H](N2C=CC(N)NC2=O)[C@]2(C)OC3(CCCC3)O[C@@H]21.CC[C@@]1(C)O[C@@H](n2ccc(=O)[nH]c2=O)[C@]2(C)OC3(CCCC3)O[C@@H]21.CC[C@@]1(C)O[C@@H](n2ccc(N)nc2=O)[C@](C)(O)[C@@H]1O.C[C@@]12OC3(CCCC3)O[C@@H]1[C@@](C)(CO)O[C@H]2n1ccc(=O)[nH]c1=O.C[C@]1(O)[C@H](n2ccc(N)nc2=O)O[C@](C)(CO)[C@H]1O. The Bertz CT molecular complexity index is 4250. The number of hydrogen-bond acceptors (Lipinski definition) is 29. The summed E-state index contributed by atoms with van der Waals surface area (Å²) < 4.78 is 73.2. The number of rotatable bonds is 10. The highest BCUT2D eigenvalue weighted by molar-refractivity contribution is 5.77. The number of aliphatic hydroxyl groups excluding tert-OH is 4. The van der Waals surface area contributed by atoms with Gasteiger partial charge in [-0.15, -0.1) is 0 Å². The fourth-order valence-corrected chi connectivity index (χ4v) is 18.1. The van der Waals surface area contributed by atoms with Crippen molar-refractivity contribution >= 4 is 17.7 Å². The van der Waals surface area contributed by atoms with Crippen LogP contribution in [0, 0.1) is 0 Å². The molecule has 11 fully saturated rings. The van der Waals surface area contributed by atoms with Crippen LogP contribution < -0.4 is 56.4 Å². The number of fused-ring (bicyclic) bond motifs is 3. The fourth-order valence-electron chi connectivity index (χ4n) is 18.1. The van der Waals surface area contributed by atoms with Crippen molar-refractivity contribution in [1.29, 1.82) is 0 Å². The van der Waals surface area contributed by atoms with E-state index in [1.165, 1.54) is 79.0 Å². The Morgan fingerprint density at radius 3 is 1.12 bits per heavy atom. The Balaban J connectivity index is 0.000000129. The predicted octanol–water partition coefficient (Wildman–Crippen LogP) is 1.57. The molecule has 21 atom stereocenters. The van der Waals surface area contributed by atoms with E-state index in [0.717, 1.165) is 99.0 Å². The highest BCUT2D eigenvalue weighted by Crippen LogP contribution is 2.61. The molecule has 15 N–H and O–H groups in total. The van der Waals surface area contributed by atoms with Crippen molar-refractivity contribution in [2.45, 2.75) is 328 Å². The first-order valence-electron chi connectivity index (χ1n) is 37.8. The molecule has 0 radical (unpaired) electrons. The quantitative estimate of drug-likeness (QED) is 0.107. The molecule has 4 aromatic heterocycles. The molecular formula is C73H109N13O24. The first-order valence-corrected chi connectivity index (χ1v) is 37.8. The van der Waals surface area contributed by atoms with Gasteiger partial charge < -0.3 is 105 Å². The Hall–Kier alpha value is -6.99. The molecule has 37 nitrogen and oxygen atoms in total. The van der Waals surface area contributed by atoms with Crippen LogP contribution in [0.5, 0.6) is 0 Å². The van der Waals surface area contributed by atoms with E-state index >= 15 is 0 Å². The number of nitrogen functional groups attached to an aromatic ring is 2. The lowest BCUT2D eigenvalue weighted by atomic mass is 9.87. The number of nitrogens with two attached hydrogens (primary N) is 3. The third-order valence-corrected chi connectivity index (χ3v) is 24.6. The van der Waals surface area contributed by atoms with Gasteiger partial charge in [0.2, 0.25) is 0 Å². The van der Waals surface area contributed by atoms with Crippen LogP contribution in [0.2, 0.25) is 0 Å². The van der Waals surface area contributed by atoms with Gasteiger partial charge in [-0.3, -0.25) is 42.7 Å². The molecule has 0 bridgehead atoms. The summed E-state index contributed by atoms with van der Waals surface area (Å²) in [7, 11) is 0. The average molecular weight is 1550 g/mol. The van der Waals surface area contributed by atoms with Crippen LogP contribution in [0.25, 0.3) is 0 Å². The molecule has 13 heterocycles. The van der Waals surface area contributed by atoms with E-state index in [2.05, 4.69) is 32.2 Å². The van der Waals surface area contributed by atoms with Crippen LogP contribution in [0.4, 0.5) is 16.4 Å². The van der Waals surface area contributed by atoms with Gasteiger partial charge in [-0.05, 0) is 145 Å². The van der Waals surface area contributed by atoms with Crippen molar-refractivity contribution < 1.29 is 87.5 Å². The minimum atomic E-state index is -1.75. The van der Waals surface area contributed by atoms with Gasteiger partial charge in [-0.1, -0.05) is 20.8 Å². The van der Waals surface area contributed by atoms with Crippen molar-refractivity contribution in [2.24, 2.45) is 5.73 Å². The van der Waals surface area contributed by atoms with E-state index in [1.807, 2.05) is 48.5 Å². The number of aliphatic hydroxyl groups is 6. The fraction of sp³-hybridized carbons (Fsp3) is 0.740. The van der Waals surface area contributed by atoms with Crippen molar-refractivity contribution in [2.75, 3.05) is 24.7 Å². The zero-order chi connectivity index (χ0) is 80.3. The number of anilines is 2. The zero-order valence-corrected chi connectivity index (χ0v) is 64.5. The molecule has 610 valence electrons. The minimum Gasteiger partial charge on any atom is -0.393 e. The lowest BCUT2D eigenvalue weighted by molar-refractivity contribution is -0.248. The van der Waals surface area contributed by atoms with Gasteiger partial charge in [0.05, 0.1) is 36.2 Å². The highest BCUT2D eigenvalue weighted by Gasteiger charge is 2.74. The molecule has 3 saturated carbocycles. The van der Waals surface area contributed by atoms with Crippen molar-refractivity contribution in [1.82, 2.24) is 48.4 Å². The molecule has 8 saturated heterocycles. The summed E-state index contributed by atoms with van der Waals surface area (Å²) >= 11 is 0. The van der Waals surface area contributed by atoms with Gasteiger partial charge in [-0.2, -0.15) is 9.97 Å². The molecule has 37 heteroatoms. The van der Waals surface area contributed by atoms with Crippen LogP contribution in [0.1, 0.15) is 211 Å². The standard InChI is InChI=1S/C17H27N3O4.C17H24N2O5.C16H22N2O6.C12H19N3O4.C11H17N3O5/c1-4-15(2)12-16(3,24-17(22-12)8-5-6-9-17)13(23-15)20-10-7-11(18)19-14(20)21;1-4-15(2)12-16(3,24-17(22-12)8-5-6-9-17)13(23-15)19-10-7-11(20)18-14(19)21;1-14(9-19)11-15(2,24-16(22-11)6-3-4-7-16)12(23-14)18-8-5-10(20)17-13(18)21;1-4-11(2)8(16)12(3,18)9(19-11)15-6-5-7(13)14-10(15)17;1-10(5-15)7(16)11(2,18)8(19-10)14-4-3-6(12)13-9(14)17/h7,10-13H,4-6,8-9,18H2,1-3H3,(H,19,21);7,10,12-13H,4-6,8-9H2,1-3H3,(H,18,20,21);5,8,11-12,19H,3-4,6-7,9H2,1-2H3,(H,17,20,21);5-6,8-9,16,18H,4H2,1-3H3,(H2,13,14,17);3-4,7-8,15-16,18H,5H2,1-2H3,(H2,12,13,17)/t11?,12-,13-,15-,16-;12-,13-,15-,16-;11-,12-,14-,15-;8-,9-,11-,12-;7-,8-,10-,11-/m11111/s1. The van der Waals surface area contributed by atoms with Crippen LogP contribution in [0.15, 0.2) is 90.1 Å². The monoisotopic (exact) mass is 1550 g/mol. The molecule has 1 unspecified atom stereocenters. The van der Waals surface area contributed by atoms with Gasteiger partial charge in [0, 0.05) is 81.6 Å². The second-order valence-corrected chi connectivity index (χ2v) is 33.1. The number of aromatic nitrogens is 8. The number of H-pyrrole nitrogens is 2. The second kappa shape index (κ2) is 29.1. The first-order chi connectivity index (χ1) is 51.4. The Morgan fingerprint density at radius 1 is 0.455 bits per heavy atom. The van der Waals surface area contributed by atoms with Crippen molar-refractivity contribution in [3.63, 3.8) is 0 Å². The molecule has 2 amide bonds. The molecule has 12 aliphatic rings. The minimum absolute atomic E-state index is 0.0457. The van der Waals surface area contributed by atoms with E-state index in [0.29, 0.717) is 6.42 Å². The first kappa shape index (κ1) is 82.5. The summed E-state index contributed by atoms with van der Waals surface area (Å²) in [6.45, 7) is 22.7. The van der Waals surface area contributed by atoms with Crippen molar-refractivity contribution in [3.05, 3.63) is 124 Å². The van der Waals surface area contributed by atoms with Gasteiger partial charge in [0.15, 0.2) is 48.5 Å². The lowest BCUT2D eigenvalue weighted by Crippen LogP contribution is -2.58. The summed E-state index contributed by atoms with van der Waals surface area (Å²) in [6.07, 6.45) is 14.4. The van der Waals surface area contributed by atoms with Crippen LogP contribution in [0.3, 0.4) is 0 Å². The number of nitrogens with one attached hydrogen (secondary N) is 3. The number of carbonyl (C=O) groups is 1. The smallest absolute Gasteiger partial charge is 0.351 e. The van der Waals surface area contributed by atoms with Crippen LogP contribution in [-0.2, 0) is 52.1 Å². The Kier molecular flexibility index (Phi) is 21.8. The van der Waals surface area contributed by atoms with E-state index < -0.39 is 169 Å². The number of nitrogens with zero attached hydrogens (tertiary/aromatic N) is 7. The van der Waals surface area contributed by atoms with Gasteiger partial charge in [0.25, 0.3) is 11.1 Å². The van der Waals surface area contributed by atoms with Gasteiger partial charge in [0.1, 0.15) is 81.4 Å². The number of aromatic amines is 2. The van der Waals surface area contributed by atoms with E-state index in [9.17, 15) is 64.2 Å². The van der Waals surface area contributed by atoms with Gasteiger partial charge >= 0.3 is 28.8 Å².